The summed E-state index contributed by atoms with van der Waals surface area (Å²) in [7, 11) is 1.58. The van der Waals surface area contributed by atoms with Crippen molar-refractivity contribution in [2.75, 3.05) is 7.11 Å². The quantitative estimate of drug-likeness (QED) is 0.474. The number of ether oxygens (including phenoxy) is 2. The largest absolute Gasteiger partial charge is 0.497 e. The molecule has 128 valence electrons. The molecule has 0 bridgehead atoms. The van der Waals surface area contributed by atoms with Crippen LogP contribution in [-0.2, 0) is 22.6 Å². The monoisotopic (exact) mass is 336 g/mol. The van der Waals surface area contributed by atoms with Gasteiger partial charge in [-0.25, -0.2) is 0 Å². The number of rotatable bonds is 5. The lowest BCUT2D eigenvalue weighted by molar-refractivity contribution is -0.152. The van der Waals surface area contributed by atoms with E-state index >= 15 is 0 Å². The zero-order chi connectivity index (χ0) is 17.9. The lowest BCUT2D eigenvalue weighted by Gasteiger charge is -2.32. The van der Waals surface area contributed by atoms with Crippen molar-refractivity contribution in [1.29, 1.82) is 0 Å². The maximum atomic E-state index is 13.0. The number of hydrogen-bond acceptors (Lipinski definition) is 4. The second-order valence-electron chi connectivity index (χ2n) is 6.09. The standard InChI is InChI=1S/C21H20O4/c1-3-21(20(23)25-14-15-7-5-4-6-8-15)12-11-16-13-17(24-2)9-10-18(16)19(21)22/h3-10,13H,1,11-12,14H2,2H3/t21-/m1/s1. The molecule has 0 heterocycles. The highest BCUT2D eigenvalue weighted by Gasteiger charge is 2.47. The second-order valence-corrected chi connectivity index (χ2v) is 6.09. The van der Waals surface area contributed by atoms with Crippen molar-refractivity contribution in [3.05, 3.63) is 77.9 Å². The van der Waals surface area contributed by atoms with E-state index in [9.17, 15) is 9.59 Å². The Kier molecular flexibility index (Phi) is 4.70. The minimum absolute atomic E-state index is 0.137. The van der Waals surface area contributed by atoms with E-state index in [1.54, 1.807) is 19.2 Å². The zero-order valence-electron chi connectivity index (χ0n) is 14.2. The van der Waals surface area contributed by atoms with Gasteiger partial charge in [-0.2, -0.15) is 0 Å². The SMILES string of the molecule is C=C[C@@]1(C(=O)OCc2ccccc2)CCc2cc(OC)ccc2C1=O. The van der Waals surface area contributed by atoms with Crippen molar-refractivity contribution in [2.45, 2.75) is 19.4 Å². The van der Waals surface area contributed by atoms with Gasteiger partial charge in [0.15, 0.2) is 5.78 Å². The third-order valence-electron chi connectivity index (χ3n) is 4.68. The average Bonchev–Trinajstić information content (AvgIpc) is 2.67. The summed E-state index contributed by atoms with van der Waals surface area (Å²) in [6, 6.07) is 14.7. The number of carbonyl (C=O) groups is 2. The van der Waals surface area contributed by atoms with Crippen molar-refractivity contribution in [2.24, 2.45) is 5.41 Å². The summed E-state index contributed by atoms with van der Waals surface area (Å²) in [5, 5.41) is 0. The Morgan fingerprint density at radius 2 is 2.00 bits per heavy atom. The van der Waals surface area contributed by atoms with Gasteiger partial charge in [0.05, 0.1) is 7.11 Å². The first-order chi connectivity index (χ1) is 12.1. The molecule has 4 nitrogen and oxygen atoms in total. The van der Waals surface area contributed by atoms with Gasteiger partial charge in [0.1, 0.15) is 17.8 Å². The van der Waals surface area contributed by atoms with Gasteiger partial charge in [-0.3, -0.25) is 9.59 Å². The first-order valence-electron chi connectivity index (χ1n) is 8.17. The molecule has 0 fully saturated rings. The van der Waals surface area contributed by atoms with Crippen LogP contribution in [0.25, 0.3) is 0 Å². The van der Waals surface area contributed by atoms with Crippen molar-refractivity contribution in [1.82, 2.24) is 0 Å². The Labute approximate surface area is 147 Å². The lowest BCUT2D eigenvalue weighted by atomic mass is 9.70. The number of esters is 1. The number of benzene rings is 2. The Morgan fingerprint density at radius 3 is 2.68 bits per heavy atom. The van der Waals surface area contributed by atoms with Crippen LogP contribution in [0.4, 0.5) is 0 Å². The Bertz CT molecular complexity index is 810. The van der Waals surface area contributed by atoms with Crippen LogP contribution in [0.3, 0.4) is 0 Å². The third kappa shape index (κ3) is 3.07. The van der Waals surface area contributed by atoms with Gasteiger partial charge in [0.25, 0.3) is 0 Å². The van der Waals surface area contributed by atoms with E-state index in [4.69, 9.17) is 9.47 Å². The van der Waals surface area contributed by atoms with Crippen LogP contribution in [-0.4, -0.2) is 18.9 Å². The van der Waals surface area contributed by atoms with Gasteiger partial charge >= 0.3 is 5.97 Å². The molecule has 3 rings (SSSR count). The summed E-state index contributed by atoms with van der Waals surface area (Å²) in [5.41, 5.74) is 0.973. The summed E-state index contributed by atoms with van der Waals surface area (Å²) in [5.74, 6) is -0.105. The van der Waals surface area contributed by atoms with Gasteiger partial charge in [0, 0.05) is 5.56 Å². The summed E-state index contributed by atoms with van der Waals surface area (Å²) in [6.45, 7) is 3.88. The molecule has 0 saturated carbocycles. The van der Waals surface area contributed by atoms with Crippen LogP contribution in [0, 0.1) is 5.41 Å². The first kappa shape index (κ1) is 17.0. The molecular weight excluding hydrogens is 316 g/mol. The fraction of sp³-hybridized carbons (Fsp3) is 0.238. The predicted molar refractivity (Wildman–Crippen MR) is 94.5 cm³/mol. The highest BCUT2D eigenvalue weighted by atomic mass is 16.5. The number of Topliss-reactive ketones (excluding diaryl/α,β-unsaturated/α-hetero) is 1. The van der Waals surface area contributed by atoms with Crippen molar-refractivity contribution >= 4 is 11.8 Å². The third-order valence-corrected chi connectivity index (χ3v) is 4.68. The van der Waals surface area contributed by atoms with Crippen molar-refractivity contribution in [3.8, 4) is 5.75 Å². The molecule has 1 aliphatic rings. The molecule has 0 spiro atoms. The van der Waals surface area contributed by atoms with E-state index < -0.39 is 11.4 Å². The molecule has 25 heavy (non-hydrogen) atoms. The number of carbonyl (C=O) groups excluding carboxylic acids is 2. The van der Waals surface area contributed by atoms with Crippen LogP contribution in [0.1, 0.15) is 27.9 Å². The number of ketones is 1. The summed E-state index contributed by atoms with van der Waals surface area (Å²) < 4.78 is 10.6. The maximum absolute atomic E-state index is 13.0. The van der Waals surface area contributed by atoms with Gasteiger partial charge in [-0.1, -0.05) is 36.4 Å². The van der Waals surface area contributed by atoms with Crippen LogP contribution in [0.2, 0.25) is 0 Å². The van der Waals surface area contributed by atoms with E-state index in [0.29, 0.717) is 24.2 Å². The molecule has 4 heteroatoms. The van der Waals surface area contributed by atoms with Gasteiger partial charge in [-0.15, -0.1) is 6.58 Å². The Morgan fingerprint density at radius 1 is 1.24 bits per heavy atom. The van der Waals surface area contributed by atoms with E-state index in [0.717, 1.165) is 11.1 Å². The number of methoxy groups -OCH3 is 1. The second kappa shape index (κ2) is 6.93. The number of hydrogen-bond donors (Lipinski definition) is 0. The van der Waals surface area contributed by atoms with Gasteiger partial charge in [0.2, 0.25) is 0 Å². The predicted octanol–water partition coefficient (Wildman–Crippen LogP) is 3.74. The van der Waals surface area contributed by atoms with Gasteiger partial charge < -0.3 is 9.47 Å². The van der Waals surface area contributed by atoms with E-state index in [1.807, 2.05) is 36.4 Å². The molecule has 0 aliphatic heterocycles. The average molecular weight is 336 g/mol. The molecular formula is C21H20O4. The molecule has 2 aromatic carbocycles. The number of aryl methyl sites for hydroxylation is 1. The molecule has 0 aromatic heterocycles. The van der Waals surface area contributed by atoms with Gasteiger partial charge in [-0.05, 0) is 42.2 Å². The highest BCUT2D eigenvalue weighted by molar-refractivity contribution is 6.15. The molecule has 0 unspecified atom stereocenters. The minimum atomic E-state index is -1.32. The molecule has 0 radical (unpaired) electrons. The van der Waals surface area contributed by atoms with E-state index in [2.05, 4.69) is 6.58 Å². The lowest BCUT2D eigenvalue weighted by Crippen LogP contribution is -2.42. The number of fused-ring (bicyclic) bond motifs is 1. The molecule has 1 atom stereocenters. The zero-order valence-corrected chi connectivity index (χ0v) is 14.2. The molecule has 2 aromatic rings. The molecule has 0 N–H and O–H groups in total. The van der Waals surface area contributed by atoms with E-state index in [-0.39, 0.29) is 12.4 Å². The Balaban J connectivity index is 1.83. The highest BCUT2D eigenvalue weighted by Crippen LogP contribution is 2.39. The molecule has 1 aliphatic carbocycles. The van der Waals surface area contributed by atoms with Crippen molar-refractivity contribution < 1.29 is 19.1 Å². The van der Waals surface area contributed by atoms with Crippen LogP contribution >= 0.6 is 0 Å². The summed E-state index contributed by atoms with van der Waals surface area (Å²) >= 11 is 0. The minimum Gasteiger partial charge on any atom is -0.497 e. The fourth-order valence-corrected chi connectivity index (χ4v) is 3.14. The summed E-state index contributed by atoms with van der Waals surface area (Å²) in [6.07, 6.45) is 2.36. The summed E-state index contributed by atoms with van der Waals surface area (Å²) in [4.78, 5) is 25.7. The topological polar surface area (TPSA) is 52.6 Å². The maximum Gasteiger partial charge on any atom is 0.324 e. The normalized spacial score (nSPS) is 19.0. The molecule has 0 amide bonds. The smallest absolute Gasteiger partial charge is 0.324 e. The Hall–Kier alpha value is -2.88. The van der Waals surface area contributed by atoms with Crippen LogP contribution in [0.15, 0.2) is 61.2 Å². The van der Waals surface area contributed by atoms with Crippen LogP contribution in [0.5, 0.6) is 5.75 Å². The molecule has 0 saturated heterocycles. The van der Waals surface area contributed by atoms with E-state index in [1.165, 1.54) is 6.08 Å². The van der Waals surface area contributed by atoms with Crippen molar-refractivity contribution in [3.63, 3.8) is 0 Å². The van der Waals surface area contributed by atoms with Crippen LogP contribution < -0.4 is 4.74 Å². The first-order valence-corrected chi connectivity index (χ1v) is 8.17. The fourth-order valence-electron chi connectivity index (χ4n) is 3.14.